The minimum Gasteiger partial charge on any atom is -0.496 e. The van der Waals surface area contributed by atoms with Crippen LogP contribution in [-0.4, -0.2) is 37.2 Å². The number of ether oxygens (including phenoxy) is 1. The lowest BCUT2D eigenvalue weighted by Gasteiger charge is -2.41. The average molecular weight is 295 g/mol. The van der Waals surface area contributed by atoms with Gasteiger partial charge in [0, 0.05) is 42.3 Å². The van der Waals surface area contributed by atoms with Crippen LogP contribution in [0.3, 0.4) is 0 Å². The predicted molar refractivity (Wildman–Crippen MR) is 82.5 cm³/mol. The van der Waals surface area contributed by atoms with Crippen molar-refractivity contribution in [3.05, 3.63) is 28.8 Å². The zero-order chi connectivity index (χ0) is 14.0. The van der Waals surface area contributed by atoms with Crippen molar-refractivity contribution < 1.29 is 4.74 Å². The van der Waals surface area contributed by atoms with Crippen LogP contribution in [0.25, 0.3) is 0 Å². The van der Waals surface area contributed by atoms with Crippen molar-refractivity contribution in [3.8, 4) is 5.75 Å². The number of methoxy groups -OCH3 is 1. The summed E-state index contributed by atoms with van der Waals surface area (Å²) in [5.41, 5.74) is 1.55. The van der Waals surface area contributed by atoms with E-state index in [0.29, 0.717) is 5.54 Å². The van der Waals surface area contributed by atoms with Crippen molar-refractivity contribution in [2.75, 3.05) is 26.7 Å². The molecule has 0 amide bonds. The molecule has 110 valence electrons. The molecule has 1 aromatic carbocycles. The Hall–Kier alpha value is -0.770. The number of halogens is 1. The summed E-state index contributed by atoms with van der Waals surface area (Å²) in [6, 6.07) is 5.88. The first-order valence-electron chi connectivity index (χ1n) is 7.51. The average Bonchev–Trinajstić information content (AvgIpc) is 2.87. The highest BCUT2D eigenvalue weighted by molar-refractivity contribution is 6.30. The van der Waals surface area contributed by atoms with E-state index in [0.717, 1.165) is 37.0 Å². The van der Waals surface area contributed by atoms with Crippen LogP contribution in [0.5, 0.6) is 5.75 Å². The lowest BCUT2D eigenvalue weighted by molar-refractivity contribution is 0.128. The molecule has 3 nitrogen and oxygen atoms in total. The van der Waals surface area contributed by atoms with Gasteiger partial charge >= 0.3 is 0 Å². The molecule has 1 aromatic rings. The molecule has 0 aromatic heterocycles. The molecule has 1 aliphatic heterocycles. The highest BCUT2D eigenvalue weighted by Crippen LogP contribution is 2.33. The molecule has 1 saturated heterocycles. The minimum atomic E-state index is 0.365. The van der Waals surface area contributed by atoms with Crippen molar-refractivity contribution in [1.82, 2.24) is 10.2 Å². The van der Waals surface area contributed by atoms with E-state index in [4.69, 9.17) is 16.3 Å². The Kier molecular flexibility index (Phi) is 4.20. The van der Waals surface area contributed by atoms with E-state index in [1.54, 1.807) is 7.11 Å². The van der Waals surface area contributed by atoms with E-state index >= 15 is 0 Å². The van der Waals surface area contributed by atoms with E-state index in [1.807, 2.05) is 18.2 Å². The molecule has 0 atom stereocenters. The Morgan fingerprint density at radius 2 is 2.15 bits per heavy atom. The fourth-order valence-electron chi connectivity index (χ4n) is 3.68. The molecular weight excluding hydrogens is 272 g/mol. The number of rotatable bonds is 3. The molecule has 0 bridgehead atoms. The van der Waals surface area contributed by atoms with Gasteiger partial charge in [-0.15, -0.1) is 0 Å². The van der Waals surface area contributed by atoms with Crippen molar-refractivity contribution in [2.45, 2.75) is 37.8 Å². The fraction of sp³-hybridized carbons (Fsp3) is 0.625. The summed E-state index contributed by atoms with van der Waals surface area (Å²) in [5, 5.41) is 4.54. The van der Waals surface area contributed by atoms with Gasteiger partial charge in [-0.05, 0) is 31.0 Å². The van der Waals surface area contributed by atoms with E-state index in [2.05, 4.69) is 10.2 Å². The molecule has 1 aliphatic carbocycles. The molecule has 1 saturated carbocycles. The fourth-order valence-corrected chi connectivity index (χ4v) is 3.87. The number of benzene rings is 1. The molecule has 0 unspecified atom stereocenters. The highest BCUT2D eigenvalue weighted by atomic mass is 35.5. The highest BCUT2D eigenvalue weighted by Gasteiger charge is 2.37. The van der Waals surface area contributed by atoms with Crippen LogP contribution in [0, 0.1) is 0 Å². The second-order valence-corrected chi connectivity index (χ2v) is 6.52. The number of piperazine rings is 1. The second-order valence-electron chi connectivity index (χ2n) is 6.08. The monoisotopic (exact) mass is 294 g/mol. The molecule has 20 heavy (non-hydrogen) atoms. The molecule has 1 N–H and O–H groups in total. The van der Waals surface area contributed by atoms with Gasteiger partial charge in [-0.1, -0.05) is 24.4 Å². The Bertz CT molecular complexity index is 472. The maximum Gasteiger partial charge on any atom is 0.123 e. The Balaban J connectivity index is 1.72. The maximum absolute atomic E-state index is 6.13. The van der Waals surface area contributed by atoms with Gasteiger partial charge in [0.1, 0.15) is 5.75 Å². The molecule has 1 heterocycles. The molecule has 2 aliphatic rings. The standard InChI is InChI=1S/C16H23ClN2O/c1-20-15-5-4-14(17)10-13(15)11-19-9-8-18-16(12-19)6-2-3-7-16/h4-5,10,18H,2-3,6-9,11-12H2,1H3. The first kappa shape index (κ1) is 14.2. The third kappa shape index (κ3) is 2.95. The summed E-state index contributed by atoms with van der Waals surface area (Å²) in [7, 11) is 1.73. The first-order valence-corrected chi connectivity index (χ1v) is 7.88. The normalized spacial score (nSPS) is 22.3. The van der Waals surface area contributed by atoms with Crippen LogP contribution in [0.2, 0.25) is 5.02 Å². The van der Waals surface area contributed by atoms with Gasteiger partial charge in [-0.25, -0.2) is 0 Å². The zero-order valence-corrected chi connectivity index (χ0v) is 12.9. The summed E-state index contributed by atoms with van der Waals surface area (Å²) in [4.78, 5) is 2.54. The second kappa shape index (κ2) is 5.92. The zero-order valence-electron chi connectivity index (χ0n) is 12.1. The van der Waals surface area contributed by atoms with Crippen LogP contribution in [0.15, 0.2) is 18.2 Å². The third-order valence-electron chi connectivity index (χ3n) is 4.65. The van der Waals surface area contributed by atoms with Crippen LogP contribution in [0.1, 0.15) is 31.2 Å². The van der Waals surface area contributed by atoms with Gasteiger partial charge in [0.2, 0.25) is 0 Å². The Morgan fingerprint density at radius 3 is 2.90 bits per heavy atom. The molecule has 1 spiro atoms. The summed E-state index contributed by atoms with van der Waals surface area (Å²) in [5.74, 6) is 0.938. The topological polar surface area (TPSA) is 24.5 Å². The summed E-state index contributed by atoms with van der Waals surface area (Å²) < 4.78 is 5.46. The first-order chi connectivity index (χ1) is 9.71. The van der Waals surface area contributed by atoms with Gasteiger partial charge in [0.05, 0.1) is 7.11 Å². The van der Waals surface area contributed by atoms with Gasteiger partial charge in [-0.3, -0.25) is 4.90 Å². The van der Waals surface area contributed by atoms with E-state index < -0.39 is 0 Å². The van der Waals surface area contributed by atoms with Gasteiger partial charge < -0.3 is 10.1 Å². The third-order valence-corrected chi connectivity index (χ3v) is 4.89. The molecule has 2 fully saturated rings. The summed E-state index contributed by atoms with van der Waals surface area (Å²) >= 11 is 6.13. The van der Waals surface area contributed by atoms with E-state index in [-0.39, 0.29) is 0 Å². The van der Waals surface area contributed by atoms with Crippen LogP contribution < -0.4 is 10.1 Å². The van der Waals surface area contributed by atoms with Crippen molar-refractivity contribution >= 4 is 11.6 Å². The quantitative estimate of drug-likeness (QED) is 0.927. The number of nitrogens with one attached hydrogen (secondary N) is 1. The molecule has 4 heteroatoms. The van der Waals surface area contributed by atoms with Crippen molar-refractivity contribution in [3.63, 3.8) is 0 Å². The summed E-state index contributed by atoms with van der Waals surface area (Å²) in [6.45, 7) is 4.25. The van der Waals surface area contributed by atoms with Crippen molar-refractivity contribution in [1.29, 1.82) is 0 Å². The SMILES string of the molecule is COc1ccc(Cl)cc1CN1CCNC2(CCCC2)C1. The minimum absolute atomic E-state index is 0.365. The van der Waals surface area contributed by atoms with E-state index in [1.165, 1.54) is 31.2 Å². The van der Waals surface area contributed by atoms with Crippen LogP contribution in [-0.2, 0) is 6.54 Å². The van der Waals surface area contributed by atoms with Crippen LogP contribution in [0.4, 0.5) is 0 Å². The van der Waals surface area contributed by atoms with Crippen LogP contribution >= 0.6 is 11.6 Å². The number of nitrogens with zero attached hydrogens (tertiary/aromatic N) is 1. The molecular formula is C16H23ClN2O. The Labute approximate surface area is 126 Å². The predicted octanol–water partition coefficient (Wildman–Crippen LogP) is 3.07. The lowest BCUT2D eigenvalue weighted by Crippen LogP contribution is -2.58. The van der Waals surface area contributed by atoms with Crippen molar-refractivity contribution in [2.24, 2.45) is 0 Å². The lowest BCUT2D eigenvalue weighted by atomic mass is 9.94. The smallest absolute Gasteiger partial charge is 0.123 e. The van der Waals surface area contributed by atoms with Gasteiger partial charge in [0.15, 0.2) is 0 Å². The van der Waals surface area contributed by atoms with Gasteiger partial charge in [0.25, 0.3) is 0 Å². The molecule has 3 rings (SSSR count). The Morgan fingerprint density at radius 1 is 1.35 bits per heavy atom. The summed E-state index contributed by atoms with van der Waals surface area (Å²) in [6.07, 6.45) is 5.36. The maximum atomic E-state index is 6.13. The number of hydrogen-bond acceptors (Lipinski definition) is 3. The molecule has 0 radical (unpaired) electrons. The van der Waals surface area contributed by atoms with E-state index in [9.17, 15) is 0 Å². The largest absolute Gasteiger partial charge is 0.496 e. The van der Waals surface area contributed by atoms with Gasteiger partial charge in [-0.2, -0.15) is 0 Å². The number of hydrogen-bond donors (Lipinski definition) is 1.